The number of fused-ring (bicyclic) bond motifs is 2. The lowest BCUT2D eigenvalue weighted by atomic mass is 9.73. The smallest absolute Gasteiger partial charge is 0.408 e. The first-order valence-electron chi connectivity index (χ1n) is 23.4. The van der Waals surface area contributed by atoms with Crippen molar-refractivity contribution in [1.29, 1.82) is 0 Å². The van der Waals surface area contributed by atoms with Crippen molar-refractivity contribution in [2.24, 2.45) is 33.5 Å². The molecule has 2 saturated heterocycles. The highest BCUT2D eigenvalue weighted by Gasteiger charge is 2.85. The van der Waals surface area contributed by atoms with Crippen molar-refractivity contribution in [2.75, 3.05) is 26.7 Å². The lowest BCUT2D eigenvalue weighted by molar-refractivity contribution is -0.145. The number of para-hydroxylation sites is 1. The highest BCUT2D eigenvalue weighted by molar-refractivity contribution is 7.90. The second kappa shape index (κ2) is 16.4. The molecular weight excluding hydrogens is 823 g/mol. The minimum atomic E-state index is -4.34. The van der Waals surface area contributed by atoms with Gasteiger partial charge < -0.3 is 35.5 Å². The van der Waals surface area contributed by atoms with Crippen molar-refractivity contribution in [3.63, 3.8) is 0 Å². The number of aromatic nitrogens is 1. The quantitative estimate of drug-likeness (QED) is 0.186. The Labute approximate surface area is 372 Å². The number of ether oxygens (including phenoxy) is 1. The molecule has 1 unspecified atom stereocenters. The lowest BCUT2D eigenvalue weighted by Gasteiger charge is -2.38. The Morgan fingerprint density at radius 1 is 0.921 bits per heavy atom. The molecule has 3 heterocycles. The summed E-state index contributed by atoms with van der Waals surface area (Å²) in [6.07, 6.45) is 10.8. The molecule has 63 heavy (non-hydrogen) atoms. The minimum Gasteiger partial charge on any atom is -0.446 e. The molecule has 2 aliphatic heterocycles. The predicted octanol–water partition coefficient (Wildman–Crippen LogP) is 5.36. The van der Waals surface area contributed by atoms with Gasteiger partial charge in [0.15, 0.2) is 0 Å². The van der Waals surface area contributed by atoms with E-state index >= 15 is 4.79 Å². The van der Waals surface area contributed by atoms with Crippen molar-refractivity contribution in [3.8, 4) is 0 Å². The zero-order chi connectivity index (χ0) is 45.3. The highest BCUT2D eigenvalue weighted by Crippen LogP contribution is 2.88. The zero-order valence-corrected chi connectivity index (χ0v) is 39.0. The van der Waals surface area contributed by atoms with Gasteiger partial charge >= 0.3 is 6.09 Å². The summed E-state index contributed by atoms with van der Waals surface area (Å²) in [7, 11) is -2.30. The molecule has 4 aliphatic carbocycles. The molecule has 1 aromatic carbocycles. The van der Waals surface area contributed by atoms with E-state index in [0.717, 1.165) is 64.5 Å². The van der Waals surface area contributed by atoms with Crippen LogP contribution in [0.2, 0.25) is 0 Å². The summed E-state index contributed by atoms with van der Waals surface area (Å²) >= 11 is 0. The third kappa shape index (κ3) is 7.82. The van der Waals surface area contributed by atoms with E-state index in [-0.39, 0.29) is 45.5 Å². The average molecular weight is 892 g/mol. The van der Waals surface area contributed by atoms with Gasteiger partial charge in [0.2, 0.25) is 17.7 Å². The molecule has 4 saturated carbocycles. The average Bonchev–Trinajstić information content (AvgIpc) is 3.73. The number of amides is 5. The van der Waals surface area contributed by atoms with E-state index in [0.29, 0.717) is 43.1 Å². The van der Waals surface area contributed by atoms with Gasteiger partial charge in [0.05, 0.1) is 5.52 Å². The Morgan fingerprint density at radius 3 is 2.22 bits per heavy atom. The molecule has 6 fully saturated rings. The Morgan fingerprint density at radius 2 is 1.62 bits per heavy atom. The number of aromatic amines is 1. The molecule has 5 N–H and O–H groups in total. The molecule has 16 heteroatoms. The number of benzene rings is 1. The number of carbonyl (C=O) groups is 5. The van der Waals surface area contributed by atoms with E-state index in [1.165, 1.54) is 6.07 Å². The first kappa shape index (κ1) is 45.4. The number of sulfonamides is 1. The maximum Gasteiger partial charge on any atom is 0.408 e. The van der Waals surface area contributed by atoms with Gasteiger partial charge in [-0.3, -0.25) is 19.2 Å². The third-order valence-corrected chi connectivity index (χ3v) is 18.2. The lowest BCUT2D eigenvalue weighted by Crippen LogP contribution is -2.62. The Balaban J connectivity index is 1.05. The molecule has 1 aromatic heterocycles. The van der Waals surface area contributed by atoms with E-state index in [9.17, 15) is 27.6 Å². The number of H-pyrrole nitrogens is 1. The van der Waals surface area contributed by atoms with Crippen molar-refractivity contribution in [1.82, 2.24) is 35.5 Å². The van der Waals surface area contributed by atoms with Gasteiger partial charge in [-0.2, -0.15) is 0 Å². The Kier molecular flexibility index (Phi) is 11.8. The van der Waals surface area contributed by atoms with Crippen LogP contribution in [-0.4, -0.2) is 109 Å². The number of rotatable bonds is 12. The molecule has 0 bridgehead atoms. The van der Waals surface area contributed by atoms with Crippen LogP contribution in [0.4, 0.5) is 4.79 Å². The fourth-order valence-electron chi connectivity index (χ4n) is 12.6. The largest absolute Gasteiger partial charge is 0.446 e. The summed E-state index contributed by atoms with van der Waals surface area (Å²) < 4.78 is 35.7. The number of hydrogen-bond donors (Lipinski definition) is 5. The fraction of sp³-hybridized carbons (Fsp3) is 0.723. The van der Waals surface area contributed by atoms with Crippen molar-refractivity contribution >= 4 is 50.6 Å². The summed E-state index contributed by atoms with van der Waals surface area (Å²) in [6.45, 7) is 13.9. The first-order valence-corrected chi connectivity index (χ1v) is 24.9. The number of likely N-dealkylation sites (tertiary alicyclic amines) is 2. The second-order valence-corrected chi connectivity index (χ2v) is 23.1. The Bertz CT molecular complexity index is 2230. The van der Waals surface area contributed by atoms with Crippen LogP contribution in [0, 0.1) is 33.5 Å². The highest BCUT2D eigenvalue weighted by atomic mass is 32.2. The van der Waals surface area contributed by atoms with E-state index in [2.05, 4.69) is 44.4 Å². The number of nitrogens with one attached hydrogen (secondary N) is 5. The summed E-state index contributed by atoms with van der Waals surface area (Å²) in [5.41, 5.74) is -2.47. The number of alkyl carbamates (subject to hydrolysis) is 1. The molecular formula is C47H69N7O8S. The van der Waals surface area contributed by atoms with Crippen LogP contribution in [0.5, 0.6) is 0 Å². The molecule has 0 radical (unpaired) electrons. The molecule has 6 aliphatic rings. The number of carbonyl (C=O) groups excluding carboxylic acids is 5. The monoisotopic (exact) mass is 891 g/mol. The standard InChI is InChI=1S/C47H69N7O8S/c1-8-31-26-47(31,41(58)52-63(60,61)34-17-12-16-30-18-23-48-35(30)34)51-38(55)33-27-46(44(5,6)45(46)21-13-22-45)28-54(33)40(57)37(43(2,3)4)50-39(56)36(29-14-10-9-11-15-29)49-42(59)62-32-19-24-53(7)25-20-32/h12,16-18,23,29,31-33,36-37,48H,8-11,13-15,19-22,24-28H2,1-7H3,(H,49,59)(H,50,56)(H,51,55)(H,52,58)/t31-,33+,36+,37?,46-,47-/m1/s1. The SMILES string of the molecule is CC[C@@H]1C[C@]1(NC(=O)[C@@H]1C[C@@]2(CN1C(=O)C(NC(=O)[C@@H](NC(=O)OC1CCN(C)CC1)C1CCCCC1)C(C)(C)C)C(C)(C)C21CCC1)C(=O)NS(=O)(=O)c1cccc2cc[nH]c12. The molecule has 6 atom stereocenters. The zero-order valence-electron chi connectivity index (χ0n) is 38.2. The van der Waals surface area contributed by atoms with Crippen molar-refractivity contribution in [2.45, 2.75) is 160 Å². The van der Waals surface area contributed by atoms with Crippen LogP contribution in [0.3, 0.4) is 0 Å². The van der Waals surface area contributed by atoms with Gasteiger partial charge in [-0.25, -0.2) is 17.9 Å². The number of hydrogen-bond acceptors (Lipinski definition) is 9. The van der Waals surface area contributed by atoms with Crippen LogP contribution < -0.4 is 20.7 Å². The van der Waals surface area contributed by atoms with E-state index in [4.69, 9.17) is 4.74 Å². The van der Waals surface area contributed by atoms with Gasteiger partial charge in [0, 0.05) is 36.6 Å². The molecule has 2 spiro atoms. The minimum absolute atomic E-state index is 0.0361. The van der Waals surface area contributed by atoms with Crippen LogP contribution in [-0.2, 0) is 33.9 Å². The number of nitrogens with zero attached hydrogens (tertiary/aromatic N) is 2. The van der Waals surface area contributed by atoms with Gasteiger partial charge in [-0.15, -0.1) is 0 Å². The van der Waals surface area contributed by atoms with Gasteiger partial charge in [0.25, 0.3) is 15.9 Å². The number of piperidine rings is 1. The molecule has 5 amide bonds. The third-order valence-electron chi connectivity index (χ3n) is 16.8. The van der Waals surface area contributed by atoms with Crippen LogP contribution in [0.15, 0.2) is 35.4 Å². The van der Waals surface area contributed by atoms with Gasteiger partial charge in [-0.1, -0.05) is 85.8 Å². The summed E-state index contributed by atoms with van der Waals surface area (Å²) in [4.78, 5) is 79.1. The van der Waals surface area contributed by atoms with Gasteiger partial charge in [-0.05, 0) is 98.6 Å². The van der Waals surface area contributed by atoms with Crippen molar-refractivity contribution in [3.05, 3.63) is 30.5 Å². The predicted molar refractivity (Wildman–Crippen MR) is 237 cm³/mol. The van der Waals surface area contributed by atoms with Crippen molar-refractivity contribution < 1.29 is 37.1 Å². The van der Waals surface area contributed by atoms with Crippen LogP contribution in [0.1, 0.15) is 125 Å². The first-order chi connectivity index (χ1) is 29.7. The summed E-state index contributed by atoms with van der Waals surface area (Å²) in [5, 5.41) is 9.72. The normalized spacial score (nSPS) is 29.1. The van der Waals surface area contributed by atoms with Gasteiger partial charge in [0.1, 0.15) is 34.7 Å². The topological polar surface area (TPSA) is 199 Å². The fourth-order valence-corrected chi connectivity index (χ4v) is 13.8. The Hall–Kier alpha value is -4.18. The summed E-state index contributed by atoms with van der Waals surface area (Å²) in [6, 6.07) is 3.62. The maximum absolute atomic E-state index is 15.3. The second-order valence-electron chi connectivity index (χ2n) is 21.5. The maximum atomic E-state index is 15.3. The molecule has 8 rings (SSSR count). The van der Waals surface area contributed by atoms with E-state index in [1.807, 2.05) is 34.7 Å². The molecule has 2 aromatic rings. The van der Waals surface area contributed by atoms with Crippen LogP contribution >= 0.6 is 0 Å². The van der Waals surface area contributed by atoms with E-state index < -0.39 is 68.8 Å². The summed E-state index contributed by atoms with van der Waals surface area (Å²) in [5.74, 6) is -2.62. The molecule has 15 nitrogen and oxygen atoms in total. The van der Waals surface area contributed by atoms with E-state index in [1.54, 1.807) is 29.3 Å². The molecule has 346 valence electrons. The van der Waals surface area contributed by atoms with Crippen LogP contribution in [0.25, 0.3) is 10.9 Å².